The molecule has 1 amide bonds. The first-order valence-electron chi connectivity index (χ1n) is 8.36. The SMILES string of the molecule is O=C(CCn1nc(-c2cccc(Cl)c2)ccc1=O)NCc1ccc(F)cc1. The predicted molar refractivity (Wildman–Crippen MR) is 102 cm³/mol. The molecule has 2 aromatic carbocycles. The summed E-state index contributed by atoms with van der Waals surface area (Å²) in [6.07, 6.45) is 0.104. The monoisotopic (exact) mass is 385 g/mol. The van der Waals surface area contributed by atoms with Gasteiger partial charge >= 0.3 is 0 Å². The molecule has 7 heteroatoms. The second-order valence-electron chi connectivity index (χ2n) is 5.94. The van der Waals surface area contributed by atoms with Crippen molar-refractivity contribution >= 4 is 17.5 Å². The summed E-state index contributed by atoms with van der Waals surface area (Å²) in [6, 6.07) is 16.1. The Bertz CT molecular complexity index is 1000. The number of hydrogen-bond donors (Lipinski definition) is 1. The van der Waals surface area contributed by atoms with Gasteiger partial charge < -0.3 is 5.32 Å². The lowest BCUT2D eigenvalue weighted by Gasteiger charge is -2.08. The summed E-state index contributed by atoms with van der Waals surface area (Å²) in [5, 5.41) is 7.62. The molecule has 1 N–H and O–H groups in total. The van der Waals surface area contributed by atoms with Crippen LogP contribution in [0.1, 0.15) is 12.0 Å². The third-order valence-electron chi connectivity index (χ3n) is 3.94. The third-order valence-corrected chi connectivity index (χ3v) is 4.18. The number of aromatic nitrogens is 2. The average molecular weight is 386 g/mol. The van der Waals surface area contributed by atoms with Gasteiger partial charge in [0.15, 0.2) is 0 Å². The number of rotatable bonds is 6. The quantitative estimate of drug-likeness (QED) is 0.707. The molecule has 0 radical (unpaired) electrons. The number of nitrogens with one attached hydrogen (secondary N) is 1. The van der Waals surface area contributed by atoms with Crippen LogP contribution in [0.15, 0.2) is 65.5 Å². The second kappa shape index (κ2) is 8.60. The highest BCUT2D eigenvalue weighted by atomic mass is 35.5. The van der Waals surface area contributed by atoms with E-state index < -0.39 is 0 Å². The highest BCUT2D eigenvalue weighted by Crippen LogP contribution is 2.19. The van der Waals surface area contributed by atoms with E-state index in [0.29, 0.717) is 17.3 Å². The molecule has 0 saturated carbocycles. The van der Waals surface area contributed by atoms with Gasteiger partial charge in [0.1, 0.15) is 5.82 Å². The Labute approximate surface area is 160 Å². The lowest BCUT2D eigenvalue weighted by Crippen LogP contribution is -2.28. The van der Waals surface area contributed by atoms with E-state index in [4.69, 9.17) is 11.6 Å². The molecule has 0 atom stereocenters. The smallest absolute Gasteiger partial charge is 0.266 e. The van der Waals surface area contributed by atoms with Crippen LogP contribution in [0.4, 0.5) is 4.39 Å². The van der Waals surface area contributed by atoms with E-state index in [-0.39, 0.29) is 30.2 Å². The van der Waals surface area contributed by atoms with Crippen LogP contribution < -0.4 is 10.9 Å². The van der Waals surface area contributed by atoms with Crippen molar-refractivity contribution < 1.29 is 9.18 Å². The van der Waals surface area contributed by atoms with Crippen molar-refractivity contribution in [3.05, 3.63) is 87.4 Å². The van der Waals surface area contributed by atoms with E-state index in [2.05, 4.69) is 10.4 Å². The van der Waals surface area contributed by atoms with Crippen molar-refractivity contribution in [3.8, 4) is 11.3 Å². The van der Waals surface area contributed by atoms with Crippen LogP contribution in [-0.2, 0) is 17.9 Å². The summed E-state index contributed by atoms with van der Waals surface area (Å²) >= 11 is 5.99. The van der Waals surface area contributed by atoms with Gasteiger partial charge in [0.05, 0.1) is 12.2 Å². The maximum Gasteiger partial charge on any atom is 0.266 e. The molecular formula is C20H17ClFN3O2. The summed E-state index contributed by atoms with van der Waals surface area (Å²) in [5.74, 6) is -0.545. The maximum absolute atomic E-state index is 12.9. The molecule has 0 unspecified atom stereocenters. The average Bonchev–Trinajstić information content (AvgIpc) is 2.67. The Morgan fingerprint density at radius 2 is 1.89 bits per heavy atom. The largest absolute Gasteiger partial charge is 0.352 e. The Morgan fingerprint density at radius 3 is 2.63 bits per heavy atom. The number of benzene rings is 2. The molecule has 5 nitrogen and oxygen atoms in total. The summed E-state index contributed by atoms with van der Waals surface area (Å²) in [4.78, 5) is 24.0. The fraction of sp³-hybridized carbons (Fsp3) is 0.150. The van der Waals surface area contributed by atoms with Crippen LogP contribution in [0, 0.1) is 5.82 Å². The van der Waals surface area contributed by atoms with Crippen molar-refractivity contribution in [3.63, 3.8) is 0 Å². The highest BCUT2D eigenvalue weighted by molar-refractivity contribution is 6.30. The zero-order valence-corrected chi connectivity index (χ0v) is 15.1. The Balaban J connectivity index is 1.61. The van der Waals surface area contributed by atoms with Crippen LogP contribution in [0.5, 0.6) is 0 Å². The van der Waals surface area contributed by atoms with Gasteiger partial charge in [-0.15, -0.1) is 0 Å². The minimum Gasteiger partial charge on any atom is -0.352 e. The molecule has 27 heavy (non-hydrogen) atoms. The molecule has 0 aliphatic rings. The van der Waals surface area contributed by atoms with Gasteiger partial charge in [0.2, 0.25) is 5.91 Å². The van der Waals surface area contributed by atoms with Crippen molar-refractivity contribution in [1.29, 1.82) is 0 Å². The number of halogens is 2. The first kappa shape index (κ1) is 18.8. The van der Waals surface area contributed by atoms with E-state index in [9.17, 15) is 14.0 Å². The number of aryl methyl sites for hydroxylation is 1. The Hall–Kier alpha value is -2.99. The van der Waals surface area contributed by atoms with Gasteiger partial charge in [-0.3, -0.25) is 9.59 Å². The van der Waals surface area contributed by atoms with Crippen molar-refractivity contribution in [2.45, 2.75) is 19.5 Å². The fourth-order valence-corrected chi connectivity index (χ4v) is 2.70. The van der Waals surface area contributed by atoms with Gasteiger partial charge in [-0.2, -0.15) is 5.10 Å². The van der Waals surface area contributed by atoms with Crippen LogP contribution >= 0.6 is 11.6 Å². The normalized spacial score (nSPS) is 10.6. The Kier molecular flexibility index (Phi) is 5.98. The summed E-state index contributed by atoms with van der Waals surface area (Å²) in [5.41, 5.74) is 1.90. The van der Waals surface area contributed by atoms with Crippen molar-refractivity contribution in [2.75, 3.05) is 0 Å². The summed E-state index contributed by atoms with van der Waals surface area (Å²) in [7, 11) is 0. The molecule has 0 spiro atoms. The van der Waals surface area contributed by atoms with Gasteiger partial charge in [0.25, 0.3) is 5.56 Å². The number of amides is 1. The predicted octanol–water partition coefficient (Wildman–Crippen LogP) is 3.41. The zero-order valence-electron chi connectivity index (χ0n) is 14.4. The minimum absolute atomic E-state index is 0.104. The molecule has 3 rings (SSSR count). The minimum atomic E-state index is -0.324. The van der Waals surface area contributed by atoms with Gasteiger partial charge in [-0.05, 0) is 35.9 Å². The second-order valence-corrected chi connectivity index (χ2v) is 6.38. The molecule has 1 aromatic heterocycles. The van der Waals surface area contributed by atoms with Crippen LogP contribution in [0.3, 0.4) is 0 Å². The lowest BCUT2D eigenvalue weighted by atomic mass is 10.1. The third kappa shape index (κ3) is 5.24. The van der Waals surface area contributed by atoms with Crippen LogP contribution in [0.25, 0.3) is 11.3 Å². The number of hydrogen-bond acceptors (Lipinski definition) is 3. The van der Waals surface area contributed by atoms with Gasteiger partial charge in [-0.1, -0.05) is 35.9 Å². The maximum atomic E-state index is 12.9. The van der Waals surface area contributed by atoms with E-state index in [1.807, 2.05) is 6.07 Å². The molecule has 3 aromatic rings. The number of carbonyl (C=O) groups excluding carboxylic acids is 1. The van der Waals surface area contributed by atoms with Crippen LogP contribution in [-0.4, -0.2) is 15.7 Å². The lowest BCUT2D eigenvalue weighted by molar-refractivity contribution is -0.121. The van der Waals surface area contributed by atoms with Gasteiger partial charge in [-0.25, -0.2) is 9.07 Å². The van der Waals surface area contributed by atoms with Gasteiger partial charge in [0, 0.05) is 29.6 Å². The van der Waals surface area contributed by atoms with Crippen molar-refractivity contribution in [1.82, 2.24) is 15.1 Å². The summed E-state index contributed by atoms with van der Waals surface area (Å²) < 4.78 is 14.1. The highest BCUT2D eigenvalue weighted by Gasteiger charge is 2.07. The molecule has 0 aliphatic carbocycles. The molecule has 0 fully saturated rings. The first-order valence-corrected chi connectivity index (χ1v) is 8.74. The standard InChI is InChI=1S/C20H17ClFN3O2/c21-16-3-1-2-15(12-16)18-8-9-20(27)25(24-18)11-10-19(26)23-13-14-4-6-17(22)7-5-14/h1-9,12H,10-11,13H2,(H,23,26). The molecule has 0 saturated heterocycles. The molecular weight excluding hydrogens is 369 g/mol. The number of carbonyl (C=O) groups is 1. The van der Waals surface area contributed by atoms with Crippen molar-refractivity contribution in [2.24, 2.45) is 0 Å². The van der Waals surface area contributed by atoms with Crippen LogP contribution in [0.2, 0.25) is 5.02 Å². The molecule has 0 aliphatic heterocycles. The van der Waals surface area contributed by atoms with E-state index in [1.165, 1.54) is 22.9 Å². The first-order chi connectivity index (χ1) is 13.0. The zero-order chi connectivity index (χ0) is 19.2. The fourth-order valence-electron chi connectivity index (χ4n) is 2.51. The summed E-state index contributed by atoms with van der Waals surface area (Å²) in [6.45, 7) is 0.451. The topological polar surface area (TPSA) is 64.0 Å². The molecule has 0 bridgehead atoms. The molecule has 138 valence electrons. The van der Waals surface area contributed by atoms with E-state index in [1.54, 1.807) is 36.4 Å². The Morgan fingerprint density at radius 1 is 1.11 bits per heavy atom. The van der Waals surface area contributed by atoms with E-state index in [0.717, 1.165) is 11.1 Å². The molecule has 1 heterocycles. The number of nitrogens with zero attached hydrogens (tertiary/aromatic N) is 2. The van der Waals surface area contributed by atoms with E-state index >= 15 is 0 Å².